The van der Waals surface area contributed by atoms with Gasteiger partial charge in [0.25, 0.3) is 5.91 Å². The van der Waals surface area contributed by atoms with E-state index in [1.807, 2.05) is 31.3 Å². The van der Waals surface area contributed by atoms with Gasteiger partial charge in [0.05, 0.1) is 0 Å². The van der Waals surface area contributed by atoms with Crippen molar-refractivity contribution in [3.63, 3.8) is 0 Å². The van der Waals surface area contributed by atoms with Gasteiger partial charge in [0.2, 0.25) is 0 Å². The second-order valence-electron chi connectivity index (χ2n) is 5.57. The van der Waals surface area contributed by atoms with E-state index < -0.39 is 0 Å². The molecule has 0 aliphatic heterocycles. The van der Waals surface area contributed by atoms with Crippen molar-refractivity contribution in [2.45, 2.75) is 26.3 Å². The lowest BCUT2D eigenvalue weighted by molar-refractivity contribution is 0.0827. The molecule has 0 aliphatic rings. The number of benzene rings is 1. The molecule has 0 fully saturated rings. The Balaban J connectivity index is 2.58. The Morgan fingerprint density at radius 3 is 2.32 bits per heavy atom. The van der Waals surface area contributed by atoms with Gasteiger partial charge in [0, 0.05) is 46.8 Å². The summed E-state index contributed by atoms with van der Waals surface area (Å²) < 4.78 is 0. The number of guanidine groups is 1. The van der Waals surface area contributed by atoms with Gasteiger partial charge in [-0.2, -0.15) is 0 Å². The lowest BCUT2D eigenvalue weighted by atomic mass is 10.1. The van der Waals surface area contributed by atoms with E-state index >= 15 is 0 Å². The quantitative estimate of drug-likeness (QED) is 0.647. The van der Waals surface area contributed by atoms with Crippen LogP contribution in [-0.2, 0) is 6.54 Å². The van der Waals surface area contributed by atoms with Crippen LogP contribution in [0.25, 0.3) is 0 Å². The van der Waals surface area contributed by atoms with Crippen molar-refractivity contribution < 1.29 is 4.79 Å². The van der Waals surface area contributed by atoms with Crippen LogP contribution >= 0.6 is 0 Å². The first-order valence-corrected chi connectivity index (χ1v) is 7.72. The maximum Gasteiger partial charge on any atom is 0.253 e. The smallest absolute Gasteiger partial charge is 0.253 e. The Morgan fingerprint density at radius 1 is 1.18 bits per heavy atom. The zero-order chi connectivity index (χ0) is 16.5. The van der Waals surface area contributed by atoms with E-state index in [0.29, 0.717) is 12.1 Å². The zero-order valence-electron chi connectivity index (χ0n) is 14.4. The number of hydrogen-bond acceptors (Lipinski definition) is 2. The molecule has 0 heterocycles. The molecular weight excluding hydrogens is 276 g/mol. The fourth-order valence-electron chi connectivity index (χ4n) is 2.09. The molecule has 0 aromatic heterocycles. The summed E-state index contributed by atoms with van der Waals surface area (Å²) in [6.45, 7) is 3.87. The van der Waals surface area contributed by atoms with Crippen LogP contribution in [-0.4, -0.2) is 56.4 Å². The molecule has 0 radical (unpaired) electrons. The number of amides is 1. The summed E-state index contributed by atoms with van der Waals surface area (Å²) in [7, 11) is 7.36. The van der Waals surface area contributed by atoms with Crippen molar-refractivity contribution in [3.8, 4) is 0 Å². The summed E-state index contributed by atoms with van der Waals surface area (Å²) in [4.78, 5) is 19.9. The molecule has 0 atom stereocenters. The molecule has 0 saturated heterocycles. The second kappa shape index (κ2) is 9.07. The first-order valence-electron chi connectivity index (χ1n) is 7.72. The molecule has 0 bridgehead atoms. The monoisotopic (exact) mass is 304 g/mol. The first kappa shape index (κ1) is 18.0. The van der Waals surface area contributed by atoms with Gasteiger partial charge in [-0.3, -0.25) is 9.79 Å². The number of nitrogens with zero attached hydrogens (tertiary/aromatic N) is 3. The Kier molecular flexibility index (Phi) is 7.43. The molecule has 1 N–H and O–H groups in total. The molecule has 22 heavy (non-hydrogen) atoms. The van der Waals surface area contributed by atoms with Crippen molar-refractivity contribution >= 4 is 11.9 Å². The molecule has 0 saturated carbocycles. The van der Waals surface area contributed by atoms with Crippen molar-refractivity contribution in [3.05, 3.63) is 35.4 Å². The fourth-order valence-corrected chi connectivity index (χ4v) is 2.09. The number of rotatable bonds is 6. The van der Waals surface area contributed by atoms with Crippen molar-refractivity contribution in [2.75, 3.05) is 34.7 Å². The van der Waals surface area contributed by atoms with Gasteiger partial charge in [-0.05, 0) is 24.1 Å². The average molecular weight is 304 g/mol. The lowest BCUT2D eigenvalue weighted by Gasteiger charge is -2.22. The number of carbonyl (C=O) groups is 1. The molecule has 5 nitrogen and oxygen atoms in total. The molecule has 0 aliphatic carbocycles. The van der Waals surface area contributed by atoms with E-state index in [9.17, 15) is 4.79 Å². The molecule has 1 rings (SSSR count). The summed E-state index contributed by atoms with van der Waals surface area (Å²) in [6, 6.07) is 7.68. The lowest BCUT2D eigenvalue weighted by Crippen LogP contribution is -2.38. The van der Waals surface area contributed by atoms with Crippen molar-refractivity contribution in [1.29, 1.82) is 0 Å². The van der Waals surface area contributed by atoms with Crippen molar-refractivity contribution in [2.24, 2.45) is 4.99 Å². The van der Waals surface area contributed by atoms with Gasteiger partial charge in [-0.15, -0.1) is 0 Å². The van der Waals surface area contributed by atoms with Gasteiger partial charge in [-0.25, -0.2) is 0 Å². The summed E-state index contributed by atoms with van der Waals surface area (Å²) in [6.07, 6.45) is 2.32. The minimum atomic E-state index is 0.0228. The number of carbonyl (C=O) groups excluding carboxylic acids is 1. The Hall–Kier alpha value is -2.04. The first-order chi connectivity index (χ1) is 10.5. The van der Waals surface area contributed by atoms with Gasteiger partial charge in [-0.1, -0.05) is 25.5 Å². The molecule has 1 aromatic rings. The van der Waals surface area contributed by atoms with E-state index in [2.05, 4.69) is 22.1 Å². The highest BCUT2D eigenvalue weighted by Gasteiger charge is 2.08. The predicted octanol–water partition coefficient (Wildman–Crippen LogP) is 2.20. The summed E-state index contributed by atoms with van der Waals surface area (Å²) >= 11 is 0. The molecule has 0 unspecified atom stereocenters. The largest absolute Gasteiger partial charge is 0.352 e. The third kappa shape index (κ3) is 5.39. The number of aliphatic imine (C=N–C) groups is 1. The van der Waals surface area contributed by atoms with Gasteiger partial charge < -0.3 is 15.1 Å². The SMILES string of the molecule is CCCCN(C)C(=NC)NCc1ccc(C(=O)N(C)C)cc1. The van der Waals surface area contributed by atoms with Crippen LogP contribution in [0.1, 0.15) is 35.7 Å². The van der Waals surface area contributed by atoms with Crippen LogP contribution in [0.3, 0.4) is 0 Å². The number of nitrogens with one attached hydrogen (secondary N) is 1. The van der Waals surface area contributed by atoms with E-state index in [-0.39, 0.29) is 5.91 Å². The molecule has 5 heteroatoms. The maximum absolute atomic E-state index is 11.8. The Morgan fingerprint density at radius 2 is 1.82 bits per heavy atom. The van der Waals surface area contributed by atoms with E-state index in [0.717, 1.165) is 24.5 Å². The standard InChI is InChI=1S/C17H28N4O/c1-6-7-12-21(5)17(18-2)19-13-14-8-10-15(11-9-14)16(22)20(3)4/h8-11H,6-7,12-13H2,1-5H3,(H,18,19). The third-order valence-electron chi connectivity index (χ3n) is 3.48. The average Bonchev–Trinajstić information content (AvgIpc) is 2.53. The van der Waals surface area contributed by atoms with E-state index in [4.69, 9.17) is 0 Å². The van der Waals surface area contributed by atoms with Crippen LogP contribution in [0, 0.1) is 0 Å². The van der Waals surface area contributed by atoms with Crippen LogP contribution < -0.4 is 5.32 Å². The molecular formula is C17H28N4O. The molecule has 0 spiro atoms. The summed E-state index contributed by atoms with van der Waals surface area (Å²) in [5, 5.41) is 3.35. The minimum Gasteiger partial charge on any atom is -0.352 e. The van der Waals surface area contributed by atoms with Gasteiger partial charge >= 0.3 is 0 Å². The predicted molar refractivity (Wildman–Crippen MR) is 92.2 cm³/mol. The normalized spacial score (nSPS) is 11.2. The number of unbranched alkanes of at least 4 members (excludes halogenated alkanes) is 1. The Labute approximate surface area is 134 Å². The number of hydrogen-bond donors (Lipinski definition) is 1. The molecule has 1 aromatic carbocycles. The molecule has 122 valence electrons. The van der Waals surface area contributed by atoms with Crippen LogP contribution in [0.4, 0.5) is 0 Å². The maximum atomic E-state index is 11.8. The van der Waals surface area contributed by atoms with Gasteiger partial charge in [0.15, 0.2) is 5.96 Å². The van der Waals surface area contributed by atoms with E-state index in [1.165, 1.54) is 6.42 Å². The highest BCUT2D eigenvalue weighted by Crippen LogP contribution is 2.06. The summed E-state index contributed by atoms with van der Waals surface area (Å²) in [5.41, 5.74) is 1.83. The van der Waals surface area contributed by atoms with E-state index in [1.54, 1.807) is 26.0 Å². The van der Waals surface area contributed by atoms with Crippen LogP contribution in [0.15, 0.2) is 29.3 Å². The van der Waals surface area contributed by atoms with Crippen molar-refractivity contribution in [1.82, 2.24) is 15.1 Å². The molecule has 1 amide bonds. The third-order valence-corrected chi connectivity index (χ3v) is 3.48. The Bertz CT molecular complexity index is 494. The van der Waals surface area contributed by atoms with Crippen LogP contribution in [0.5, 0.6) is 0 Å². The highest BCUT2D eigenvalue weighted by atomic mass is 16.2. The fraction of sp³-hybridized carbons (Fsp3) is 0.529. The minimum absolute atomic E-state index is 0.0228. The topological polar surface area (TPSA) is 47.9 Å². The summed E-state index contributed by atoms with van der Waals surface area (Å²) in [5.74, 6) is 0.913. The zero-order valence-corrected chi connectivity index (χ0v) is 14.4. The van der Waals surface area contributed by atoms with Crippen LogP contribution in [0.2, 0.25) is 0 Å². The van der Waals surface area contributed by atoms with Gasteiger partial charge in [0.1, 0.15) is 0 Å². The highest BCUT2D eigenvalue weighted by molar-refractivity contribution is 5.93. The second-order valence-corrected chi connectivity index (χ2v) is 5.57.